The van der Waals surface area contributed by atoms with Crippen LogP contribution >= 0.6 is 0 Å². The van der Waals surface area contributed by atoms with E-state index in [-0.39, 0.29) is 0 Å². The Morgan fingerprint density at radius 3 is 2.58 bits per heavy atom. The molecule has 6 rings (SSSR count). The molecule has 0 spiro atoms. The zero-order valence-corrected chi connectivity index (χ0v) is 13.2. The lowest BCUT2D eigenvalue weighted by Crippen LogP contribution is -2.20. The van der Waals surface area contributed by atoms with Crippen molar-refractivity contribution in [3.8, 4) is 0 Å². The van der Waals surface area contributed by atoms with E-state index in [1.54, 1.807) is 0 Å². The van der Waals surface area contributed by atoms with E-state index in [9.17, 15) is 0 Å². The van der Waals surface area contributed by atoms with Crippen molar-refractivity contribution in [1.82, 2.24) is 0 Å². The lowest BCUT2D eigenvalue weighted by molar-refractivity contribution is 0.729. The van der Waals surface area contributed by atoms with Gasteiger partial charge in [-0.25, -0.2) is 0 Å². The predicted molar refractivity (Wildman–Crippen MR) is 103 cm³/mol. The number of allylic oxidation sites excluding steroid dienone is 4. The number of rotatable bonds is 0. The molecule has 0 heteroatoms. The van der Waals surface area contributed by atoms with Crippen molar-refractivity contribution in [2.45, 2.75) is 5.92 Å². The molecule has 0 saturated carbocycles. The van der Waals surface area contributed by atoms with Crippen molar-refractivity contribution < 1.29 is 0 Å². The number of fused-ring (bicyclic) bond motifs is 4. The van der Waals surface area contributed by atoms with Gasteiger partial charge in [-0.2, -0.15) is 0 Å². The molecule has 2 atom stereocenters. The first-order chi connectivity index (χ1) is 11.9. The monoisotopic (exact) mass is 304 g/mol. The van der Waals surface area contributed by atoms with E-state index < -0.39 is 0 Å². The second kappa shape index (κ2) is 4.36. The van der Waals surface area contributed by atoms with Gasteiger partial charge in [-0.1, -0.05) is 78.9 Å². The van der Waals surface area contributed by atoms with Gasteiger partial charge in [0.25, 0.3) is 0 Å². The third kappa shape index (κ3) is 1.48. The second-order valence-electron chi connectivity index (χ2n) is 6.97. The fourth-order valence-corrected chi connectivity index (χ4v) is 4.67. The number of benzene rings is 4. The molecule has 112 valence electrons. The fourth-order valence-electron chi connectivity index (χ4n) is 4.67. The third-order valence-corrected chi connectivity index (χ3v) is 5.73. The van der Waals surface area contributed by atoms with Crippen LogP contribution in [0.25, 0.3) is 38.4 Å². The quantitative estimate of drug-likeness (QED) is 0.298. The summed E-state index contributed by atoms with van der Waals surface area (Å²) >= 11 is 0. The molecule has 0 N–H and O–H groups in total. The molecule has 0 radical (unpaired) electrons. The lowest BCUT2D eigenvalue weighted by Gasteiger charge is -2.28. The fraction of sp³-hybridized carbons (Fsp3) is 0.0833. The zero-order chi connectivity index (χ0) is 15.7. The van der Waals surface area contributed by atoms with Crippen LogP contribution in [0.1, 0.15) is 11.5 Å². The first kappa shape index (κ1) is 12.5. The van der Waals surface area contributed by atoms with Crippen LogP contribution in [0.3, 0.4) is 0 Å². The van der Waals surface area contributed by atoms with E-state index in [1.165, 1.54) is 43.1 Å². The molecule has 2 aliphatic rings. The summed E-state index contributed by atoms with van der Waals surface area (Å²) in [5, 5.41) is 9.69. The predicted octanol–water partition coefficient (Wildman–Crippen LogP) is 5.49. The first-order valence-electron chi connectivity index (χ1n) is 8.64. The molecule has 0 heterocycles. The Kier molecular flexibility index (Phi) is 2.28. The summed E-state index contributed by atoms with van der Waals surface area (Å²) in [6.45, 7) is 0. The average Bonchev–Trinajstić information content (AvgIpc) is 2.65. The molecular weight excluding hydrogens is 288 g/mol. The smallest absolute Gasteiger partial charge is 0.0125 e. The molecule has 0 aliphatic heterocycles. The van der Waals surface area contributed by atoms with Gasteiger partial charge in [0.05, 0.1) is 0 Å². The largest absolute Gasteiger partial charge is 0.0767 e. The molecule has 2 unspecified atom stereocenters. The van der Waals surface area contributed by atoms with Crippen LogP contribution < -0.4 is 5.22 Å². The third-order valence-electron chi connectivity index (χ3n) is 5.73. The molecule has 4 aromatic carbocycles. The standard InChI is InChI=1S/C24H16/c1-3-7-19-15(5-1)13-17-9-12-22-20-8-4-2-6-16(20)14-18-10-11-21(19)23(17)24(18)22/h1-15,19H. The molecule has 0 aromatic heterocycles. The van der Waals surface area contributed by atoms with Crippen LogP contribution in [0.15, 0.2) is 78.9 Å². The Labute approximate surface area is 140 Å². The molecule has 0 nitrogen and oxygen atoms in total. The minimum Gasteiger partial charge on any atom is -0.0767 e. The molecule has 0 fully saturated rings. The minimum absolute atomic E-state index is 0.476. The van der Waals surface area contributed by atoms with Gasteiger partial charge in [-0.15, -0.1) is 0 Å². The Hall–Kier alpha value is -2.86. The van der Waals surface area contributed by atoms with E-state index in [0.29, 0.717) is 11.8 Å². The van der Waals surface area contributed by atoms with E-state index in [2.05, 4.69) is 85.0 Å². The maximum atomic E-state index is 2.45. The highest BCUT2D eigenvalue weighted by Gasteiger charge is 2.25. The summed E-state index contributed by atoms with van der Waals surface area (Å²) in [5.74, 6) is 0.963. The van der Waals surface area contributed by atoms with Gasteiger partial charge in [0.1, 0.15) is 0 Å². The maximum Gasteiger partial charge on any atom is 0.0125 e. The highest BCUT2D eigenvalue weighted by molar-refractivity contribution is 6.22. The van der Waals surface area contributed by atoms with Gasteiger partial charge in [0.2, 0.25) is 0 Å². The average molecular weight is 304 g/mol. The lowest BCUT2D eigenvalue weighted by atomic mass is 9.75. The van der Waals surface area contributed by atoms with Crippen LogP contribution in [0.2, 0.25) is 0 Å². The summed E-state index contributed by atoms with van der Waals surface area (Å²) in [5.41, 5.74) is 1.48. The van der Waals surface area contributed by atoms with Crippen molar-refractivity contribution >= 4 is 38.4 Å². The molecule has 24 heavy (non-hydrogen) atoms. The number of hydrogen-bond acceptors (Lipinski definition) is 0. The highest BCUT2D eigenvalue weighted by Crippen LogP contribution is 2.41. The molecule has 0 amide bonds. The first-order valence-corrected chi connectivity index (χ1v) is 8.64. The normalized spacial score (nSPS) is 21.3. The molecular formula is C24H16. The Balaban J connectivity index is 1.89. The van der Waals surface area contributed by atoms with Crippen molar-refractivity contribution in [2.75, 3.05) is 0 Å². The van der Waals surface area contributed by atoms with Crippen LogP contribution in [0, 0.1) is 5.92 Å². The number of hydrogen-bond donors (Lipinski definition) is 0. The van der Waals surface area contributed by atoms with Crippen LogP contribution in [-0.2, 0) is 0 Å². The topological polar surface area (TPSA) is 0 Å². The molecule has 2 aliphatic carbocycles. The maximum absolute atomic E-state index is 2.45. The van der Waals surface area contributed by atoms with Gasteiger partial charge in [0, 0.05) is 11.8 Å². The van der Waals surface area contributed by atoms with E-state index >= 15 is 0 Å². The van der Waals surface area contributed by atoms with E-state index in [1.807, 2.05) is 0 Å². The van der Waals surface area contributed by atoms with Gasteiger partial charge in [-0.05, 0) is 49.2 Å². The second-order valence-corrected chi connectivity index (χ2v) is 6.97. The van der Waals surface area contributed by atoms with Crippen molar-refractivity contribution in [2.24, 2.45) is 5.92 Å². The summed E-state index contributed by atoms with van der Waals surface area (Å²) in [6.07, 6.45) is 11.5. The summed E-state index contributed by atoms with van der Waals surface area (Å²) < 4.78 is 0. The summed E-state index contributed by atoms with van der Waals surface area (Å²) in [6, 6.07) is 20.4. The van der Waals surface area contributed by atoms with Gasteiger partial charge in [0.15, 0.2) is 0 Å². The molecule has 0 saturated heterocycles. The van der Waals surface area contributed by atoms with Crippen molar-refractivity contribution in [3.05, 3.63) is 89.7 Å². The van der Waals surface area contributed by atoms with Crippen molar-refractivity contribution in [1.29, 1.82) is 0 Å². The Bertz CT molecular complexity index is 1250. The summed E-state index contributed by atoms with van der Waals surface area (Å²) in [7, 11) is 0. The highest BCUT2D eigenvalue weighted by atomic mass is 14.3. The Morgan fingerprint density at radius 2 is 1.58 bits per heavy atom. The summed E-state index contributed by atoms with van der Waals surface area (Å²) in [4.78, 5) is 0. The minimum atomic E-state index is 0.476. The van der Waals surface area contributed by atoms with Crippen LogP contribution in [-0.4, -0.2) is 0 Å². The molecule has 0 bridgehead atoms. The Morgan fingerprint density at radius 1 is 0.667 bits per heavy atom. The van der Waals surface area contributed by atoms with Crippen LogP contribution in [0.5, 0.6) is 0 Å². The van der Waals surface area contributed by atoms with Gasteiger partial charge in [-0.3, -0.25) is 0 Å². The van der Waals surface area contributed by atoms with Gasteiger partial charge < -0.3 is 0 Å². The van der Waals surface area contributed by atoms with E-state index in [4.69, 9.17) is 0 Å². The van der Waals surface area contributed by atoms with E-state index in [0.717, 1.165) is 0 Å². The van der Waals surface area contributed by atoms with Crippen molar-refractivity contribution in [3.63, 3.8) is 0 Å². The van der Waals surface area contributed by atoms with Gasteiger partial charge >= 0.3 is 0 Å². The zero-order valence-electron chi connectivity index (χ0n) is 13.2. The SMILES string of the molecule is C1=CC2C=c3ccc4c5ccccc5cc5ccc(c3c54)C2C=C1. The van der Waals surface area contributed by atoms with Crippen LogP contribution in [0.4, 0.5) is 0 Å². The molecule has 4 aromatic rings.